The number of rotatable bonds is 4. The quantitative estimate of drug-likeness (QED) is 0.450. The number of thiazole rings is 1. The van der Waals surface area contributed by atoms with Crippen molar-refractivity contribution in [3.8, 4) is 5.75 Å². The van der Waals surface area contributed by atoms with Crippen LogP contribution in [0.15, 0.2) is 57.9 Å². The minimum Gasteiger partial charge on any atom is -0.490 e. The zero-order chi connectivity index (χ0) is 22.8. The van der Waals surface area contributed by atoms with Crippen molar-refractivity contribution in [2.45, 2.75) is 22.9 Å². The highest BCUT2D eigenvalue weighted by Gasteiger charge is 2.35. The molecule has 4 aromatic rings. The van der Waals surface area contributed by atoms with Crippen molar-refractivity contribution >= 4 is 47.3 Å². The summed E-state index contributed by atoms with van der Waals surface area (Å²) in [6, 6.07) is 9.42. The predicted octanol–water partition coefficient (Wildman–Crippen LogP) is 2.24. The van der Waals surface area contributed by atoms with Crippen molar-refractivity contribution in [1.29, 1.82) is 0 Å². The van der Waals surface area contributed by atoms with Gasteiger partial charge in [-0.3, -0.25) is 0 Å². The van der Waals surface area contributed by atoms with Gasteiger partial charge < -0.3 is 10.1 Å². The van der Waals surface area contributed by atoms with Crippen LogP contribution in [0.5, 0.6) is 5.75 Å². The molecule has 2 aliphatic heterocycles. The largest absolute Gasteiger partial charge is 0.490 e. The molecule has 0 fully saturated rings. The summed E-state index contributed by atoms with van der Waals surface area (Å²) in [7, 11) is -7.70. The van der Waals surface area contributed by atoms with E-state index in [9.17, 15) is 16.8 Å². The Labute approximate surface area is 193 Å². The first kappa shape index (κ1) is 20.6. The van der Waals surface area contributed by atoms with E-state index in [0.29, 0.717) is 35.8 Å². The molecule has 33 heavy (non-hydrogen) atoms. The van der Waals surface area contributed by atoms with Crippen molar-refractivity contribution in [3.05, 3.63) is 59.4 Å². The molecule has 170 valence electrons. The summed E-state index contributed by atoms with van der Waals surface area (Å²) >= 11 is 1.36. The lowest BCUT2D eigenvalue weighted by atomic mass is 10.2. The summed E-state index contributed by atoms with van der Waals surface area (Å²) in [6.07, 6.45) is 1.39. The molecule has 0 saturated heterocycles. The third-order valence-corrected chi connectivity index (χ3v) is 9.75. The van der Waals surface area contributed by atoms with Crippen LogP contribution in [0.2, 0.25) is 0 Å². The molecular weight excluding hydrogens is 486 g/mol. The number of anilines is 1. The first-order valence-electron chi connectivity index (χ1n) is 9.99. The zero-order valence-electron chi connectivity index (χ0n) is 17.0. The number of hydrogen-bond acceptors (Lipinski definition) is 9. The normalized spacial score (nSPS) is 16.2. The monoisotopic (exact) mass is 503 g/mol. The van der Waals surface area contributed by atoms with Crippen LogP contribution in [0, 0.1) is 0 Å². The number of ether oxygens (including phenoxy) is 1. The number of aromatic nitrogens is 3. The molecule has 0 radical (unpaired) electrons. The van der Waals surface area contributed by atoms with Crippen LogP contribution in [0.25, 0.3) is 10.2 Å². The Kier molecular flexibility index (Phi) is 4.52. The minimum atomic E-state index is -3.91. The van der Waals surface area contributed by atoms with Gasteiger partial charge in [0.15, 0.2) is 0 Å². The van der Waals surface area contributed by atoms with Crippen LogP contribution in [0.3, 0.4) is 0 Å². The average Bonchev–Trinajstić information content (AvgIpc) is 3.53. The molecule has 0 aliphatic carbocycles. The van der Waals surface area contributed by atoms with Gasteiger partial charge >= 0.3 is 0 Å². The summed E-state index contributed by atoms with van der Waals surface area (Å²) in [5.41, 5.74) is 3.99. The van der Waals surface area contributed by atoms with E-state index >= 15 is 0 Å². The molecule has 0 amide bonds. The van der Waals surface area contributed by atoms with Crippen LogP contribution in [0.1, 0.15) is 11.3 Å². The third-order valence-electron chi connectivity index (χ3n) is 5.64. The second-order valence-corrected chi connectivity index (χ2v) is 12.3. The molecule has 0 saturated carbocycles. The number of hydrogen-bond donors (Lipinski definition) is 1. The molecule has 0 bridgehead atoms. The smallest absolute Gasteiger partial charge is 0.283 e. The van der Waals surface area contributed by atoms with E-state index in [4.69, 9.17) is 4.74 Å². The van der Waals surface area contributed by atoms with Crippen LogP contribution < -0.4 is 10.1 Å². The SMILES string of the molecule is O=S(=O)(c1ccc2c(c1)NCCO2)N1Cc2cn(S(=O)(=O)c3ccc4ncsc4c3)nc2C1. The lowest BCUT2D eigenvalue weighted by molar-refractivity contribution is 0.323. The van der Waals surface area contributed by atoms with Crippen molar-refractivity contribution in [2.24, 2.45) is 0 Å². The summed E-state index contributed by atoms with van der Waals surface area (Å²) in [4.78, 5) is 4.41. The van der Waals surface area contributed by atoms with E-state index in [1.165, 1.54) is 34.0 Å². The minimum absolute atomic E-state index is 0.00488. The molecular formula is C20H17N5O5S3. The summed E-state index contributed by atoms with van der Waals surface area (Å²) in [6.45, 7) is 1.16. The second kappa shape index (κ2) is 7.25. The van der Waals surface area contributed by atoms with Crippen molar-refractivity contribution in [3.63, 3.8) is 0 Å². The molecule has 1 N–H and O–H groups in total. The predicted molar refractivity (Wildman–Crippen MR) is 121 cm³/mol. The van der Waals surface area contributed by atoms with Gasteiger partial charge in [0.1, 0.15) is 12.4 Å². The van der Waals surface area contributed by atoms with E-state index in [0.717, 1.165) is 14.3 Å². The van der Waals surface area contributed by atoms with E-state index in [2.05, 4.69) is 15.4 Å². The van der Waals surface area contributed by atoms with Crippen LogP contribution in [-0.4, -0.2) is 48.5 Å². The molecule has 6 rings (SSSR count). The van der Waals surface area contributed by atoms with Gasteiger partial charge in [0, 0.05) is 24.8 Å². The fourth-order valence-corrected chi connectivity index (χ4v) is 7.32. The Morgan fingerprint density at radius 2 is 1.82 bits per heavy atom. The Morgan fingerprint density at radius 1 is 1.00 bits per heavy atom. The Morgan fingerprint density at radius 3 is 2.67 bits per heavy atom. The average molecular weight is 504 g/mol. The Balaban J connectivity index is 1.27. The van der Waals surface area contributed by atoms with Gasteiger partial charge in [-0.15, -0.1) is 11.3 Å². The van der Waals surface area contributed by atoms with Gasteiger partial charge in [-0.25, -0.2) is 13.4 Å². The maximum absolute atomic E-state index is 13.2. The number of sulfonamides is 1. The third kappa shape index (κ3) is 3.30. The van der Waals surface area contributed by atoms with Gasteiger partial charge in [0.05, 0.1) is 43.4 Å². The van der Waals surface area contributed by atoms with E-state index in [1.54, 1.807) is 29.8 Å². The number of benzene rings is 2. The standard InChI is InChI=1S/C20H17N5O5S3/c26-32(27,14-2-4-19-17(7-14)21-5-6-30-19)24-9-13-10-25(23-18(13)11-24)33(28,29)15-1-3-16-20(8-15)31-12-22-16/h1-4,7-8,10,12,21H,5-6,9,11H2. The van der Waals surface area contributed by atoms with E-state index < -0.39 is 20.0 Å². The summed E-state index contributed by atoms with van der Waals surface area (Å²) in [5.74, 6) is 0.614. The van der Waals surface area contributed by atoms with Crippen molar-refractivity contribution in [1.82, 2.24) is 18.5 Å². The van der Waals surface area contributed by atoms with Gasteiger partial charge in [-0.2, -0.15) is 21.9 Å². The maximum Gasteiger partial charge on any atom is 0.283 e. The highest BCUT2D eigenvalue weighted by molar-refractivity contribution is 7.90. The van der Waals surface area contributed by atoms with Crippen molar-refractivity contribution in [2.75, 3.05) is 18.5 Å². The fraction of sp³-hybridized carbons (Fsp3) is 0.200. The van der Waals surface area contributed by atoms with Crippen molar-refractivity contribution < 1.29 is 21.6 Å². The molecule has 13 heteroatoms. The van der Waals surface area contributed by atoms with E-state index in [-0.39, 0.29) is 22.9 Å². The molecule has 0 atom stereocenters. The fourth-order valence-electron chi connectivity index (χ4n) is 3.92. The number of fused-ring (bicyclic) bond motifs is 3. The Bertz CT molecular complexity index is 1600. The van der Waals surface area contributed by atoms with Crippen LogP contribution >= 0.6 is 11.3 Å². The number of nitrogens with one attached hydrogen (secondary N) is 1. The summed E-state index contributed by atoms with van der Waals surface area (Å²) < 4.78 is 61.0. The molecule has 2 aliphatic rings. The first-order chi connectivity index (χ1) is 15.8. The molecule has 2 aromatic carbocycles. The van der Waals surface area contributed by atoms with Gasteiger partial charge in [0.25, 0.3) is 10.0 Å². The van der Waals surface area contributed by atoms with Crippen LogP contribution in [-0.2, 0) is 33.1 Å². The first-order valence-corrected chi connectivity index (χ1v) is 13.8. The lowest BCUT2D eigenvalue weighted by Gasteiger charge is -2.21. The molecule has 4 heterocycles. The molecule has 10 nitrogen and oxygen atoms in total. The topological polar surface area (TPSA) is 123 Å². The Hall–Kier alpha value is -3.00. The van der Waals surface area contributed by atoms with E-state index in [1.807, 2.05) is 0 Å². The van der Waals surface area contributed by atoms with Crippen LogP contribution in [0.4, 0.5) is 5.69 Å². The summed E-state index contributed by atoms with van der Waals surface area (Å²) in [5, 5.41) is 7.35. The molecule has 0 spiro atoms. The second-order valence-electron chi connectivity index (χ2n) is 7.67. The molecule has 0 unspecified atom stereocenters. The maximum atomic E-state index is 13.2. The zero-order valence-corrected chi connectivity index (χ0v) is 19.5. The van der Waals surface area contributed by atoms with Gasteiger partial charge in [0.2, 0.25) is 10.0 Å². The van der Waals surface area contributed by atoms with Gasteiger partial charge in [-0.1, -0.05) is 0 Å². The lowest BCUT2D eigenvalue weighted by Crippen LogP contribution is -2.27. The number of nitrogens with zero attached hydrogens (tertiary/aromatic N) is 4. The highest BCUT2D eigenvalue weighted by Crippen LogP contribution is 2.34. The van der Waals surface area contributed by atoms with Gasteiger partial charge in [-0.05, 0) is 36.4 Å². The molecule has 2 aromatic heterocycles. The highest BCUT2D eigenvalue weighted by atomic mass is 32.2.